The molecule has 39 heavy (non-hydrogen) atoms. The second kappa shape index (κ2) is 11.8. The molecule has 4 aromatic rings. The van der Waals surface area contributed by atoms with Crippen LogP contribution in [0.1, 0.15) is 46.0 Å². The molecule has 1 heterocycles. The normalized spacial score (nSPS) is 14.5. The standard InChI is InChI=1S/C34H32N2O3/c1-3-29(21-25-11-5-4-6-12-25)35-33(37)28-18-16-26(17-19-28)22-32-34(38)36(23-27-13-9-10-24(2)20-27)30-14-7-8-15-31(30)39-32/h4-20,22,29H,3,21,23H2,1-2H3,(H,35,37). The van der Waals surface area contributed by atoms with Crippen molar-refractivity contribution >= 4 is 23.6 Å². The lowest BCUT2D eigenvalue weighted by Crippen LogP contribution is -2.36. The number of fused-ring (bicyclic) bond motifs is 1. The summed E-state index contributed by atoms with van der Waals surface area (Å²) in [6, 6.07) is 33.2. The maximum absolute atomic E-state index is 13.5. The van der Waals surface area contributed by atoms with E-state index in [1.165, 1.54) is 5.56 Å². The number of nitrogens with zero attached hydrogens (tertiary/aromatic N) is 1. The smallest absolute Gasteiger partial charge is 0.294 e. The van der Waals surface area contributed by atoms with E-state index in [9.17, 15) is 9.59 Å². The number of rotatable bonds is 8. The third-order valence-electron chi connectivity index (χ3n) is 6.88. The first-order valence-electron chi connectivity index (χ1n) is 13.3. The van der Waals surface area contributed by atoms with Gasteiger partial charge in [-0.3, -0.25) is 14.5 Å². The highest BCUT2D eigenvalue weighted by molar-refractivity contribution is 6.09. The van der Waals surface area contributed by atoms with Crippen molar-refractivity contribution < 1.29 is 14.3 Å². The van der Waals surface area contributed by atoms with Crippen LogP contribution >= 0.6 is 0 Å². The molecule has 1 N–H and O–H groups in total. The Morgan fingerprint density at radius 1 is 0.897 bits per heavy atom. The molecule has 5 heteroatoms. The second-order valence-corrected chi connectivity index (χ2v) is 9.85. The van der Waals surface area contributed by atoms with Crippen LogP contribution in [0.5, 0.6) is 5.75 Å². The summed E-state index contributed by atoms with van der Waals surface area (Å²) in [7, 11) is 0. The Morgan fingerprint density at radius 2 is 1.62 bits per heavy atom. The van der Waals surface area contributed by atoms with E-state index >= 15 is 0 Å². The van der Waals surface area contributed by atoms with Crippen molar-refractivity contribution in [2.45, 2.75) is 39.3 Å². The maximum atomic E-state index is 13.5. The lowest BCUT2D eigenvalue weighted by atomic mass is 10.0. The van der Waals surface area contributed by atoms with E-state index in [-0.39, 0.29) is 23.6 Å². The van der Waals surface area contributed by atoms with Gasteiger partial charge in [0.05, 0.1) is 12.2 Å². The number of para-hydroxylation sites is 2. The quantitative estimate of drug-likeness (QED) is 0.265. The molecule has 1 aliphatic rings. The fourth-order valence-corrected chi connectivity index (χ4v) is 4.76. The molecule has 0 saturated carbocycles. The van der Waals surface area contributed by atoms with Gasteiger partial charge in [0.25, 0.3) is 11.8 Å². The molecular formula is C34H32N2O3. The summed E-state index contributed by atoms with van der Waals surface area (Å²) < 4.78 is 6.03. The van der Waals surface area contributed by atoms with Crippen LogP contribution in [0.2, 0.25) is 0 Å². The van der Waals surface area contributed by atoms with E-state index in [0.717, 1.165) is 35.2 Å². The van der Waals surface area contributed by atoms with Crippen LogP contribution in [-0.4, -0.2) is 17.9 Å². The minimum absolute atomic E-state index is 0.0504. The molecule has 4 aromatic carbocycles. The molecule has 0 fully saturated rings. The number of carbonyl (C=O) groups is 2. The molecule has 1 atom stereocenters. The first kappa shape index (κ1) is 26.0. The van der Waals surface area contributed by atoms with Gasteiger partial charge in [0.2, 0.25) is 0 Å². The molecule has 0 bridgehead atoms. The van der Waals surface area contributed by atoms with Crippen molar-refractivity contribution in [3.63, 3.8) is 0 Å². The van der Waals surface area contributed by atoms with Gasteiger partial charge in [0.1, 0.15) is 0 Å². The summed E-state index contributed by atoms with van der Waals surface area (Å²) in [6.07, 6.45) is 3.35. The van der Waals surface area contributed by atoms with Crippen molar-refractivity contribution in [1.29, 1.82) is 0 Å². The van der Waals surface area contributed by atoms with E-state index in [1.807, 2.05) is 79.7 Å². The average Bonchev–Trinajstić information content (AvgIpc) is 2.96. The Balaban J connectivity index is 1.32. The monoisotopic (exact) mass is 516 g/mol. The molecule has 196 valence electrons. The third-order valence-corrected chi connectivity index (χ3v) is 6.88. The zero-order valence-corrected chi connectivity index (χ0v) is 22.3. The van der Waals surface area contributed by atoms with Crippen molar-refractivity contribution in [3.05, 3.63) is 137 Å². The largest absolute Gasteiger partial charge is 0.449 e. The summed E-state index contributed by atoms with van der Waals surface area (Å²) >= 11 is 0. The Bertz CT molecular complexity index is 1490. The molecule has 1 unspecified atom stereocenters. The fourth-order valence-electron chi connectivity index (χ4n) is 4.76. The predicted molar refractivity (Wildman–Crippen MR) is 156 cm³/mol. The Kier molecular flexibility index (Phi) is 7.88. The summed E-state index contributed by atoms with van der Waals surface area (Å²) in [5.74, 6) is 0.562. The summed E-state index contributed by atoms with van der Waals surface area (Å²) in [5, 5.41) is 3.14. The Labute approximate surface area is 229 Å². The molecule has 0 aromatic heterocycles. The molecule has 0 saturated heterocycles. The Morgan fingerprint density at radius 3 is 2.36 bits per heavy atom. The minimum Gasteiger partial charge on any atom is -0.449 e. The highest BCUT2D eigenvalue weighted by atomic mass is 16.5. The zero-order chi connectivity index (χ0) is 27.2. The first-order chi connectivity index (χ1) is 19.0. The van der Waals surface area contributed by atoms with Gasteiger partial charge in [-0.25, -0.2) is 0 Å². The SMILES string of the molecule is CCC(Cc1ccccc1)NC(=O)c1ccc(C=C2Oc3ccccc3N(Cc3cccc(C)c3)C2=O)cc1. The fraction of sp³-hybridized carbons (Fsp3) is 0.176. The van der Waals surface area contributed by atoms with Crippen molar-refractivity contribution in [2.75, 3.05) is 4.90 Å². The van der Waals surface area contributed by atoms with Gasteiger partial charge in [-0.05, 0) is 66.8 Å². The Hall–Kier alpha value is -4.64. The van der Waals surface area contributed by atoms with Gasteiger partial charge >= 0.3 is 0 Å². The van der Waals surface area contributed by atoms with E-state index in [0.29, 0.717) is 17.9 Å². The first-order valence-corrected chi connectivity index (χ1v) is 13.3. The van der Waals surface area contributed by atoms with E-state index in [2.05, 4.69) is 30.4 Å². The minimum atomic E-state index is -0.205. The highest BCUT2D eigenvalue weighted by Gasteiger charge is 2.30. The van der Waals surface area contributed by atoms with Crippen LogP contribution in [0.3, 0.4) is 0 Å². The van der Waals surface area contributed by atoms with Crippen molar-refractivity contribution in [3.8, 4) is 5.75 Å². The lowest BCUT2D eigenvalue weighted by molar-refractivity contribution is -0.117. The number of carbonyl (C=O) groups excluding carboxylic acids is 2. The molecular weight excluding hydrogens is 484 g/mol. The number of nitrogens with one attached hydrogen (secondary N) is 1. The molecule has 0 radical (unpaired) electrons. The van der Waals surface area contributed by atoms with Crippen LogP contribution in [0.4, 0.5) is 5.69 Å². The summed E-state index contributed by atoms with van der Waals surface area (Å²) in [4.78, 5) is 28.2. The molecule has 5 nitrogen and oxygen atoms in total. The van der Waals surface area contributed by atoms with Gasteiger partial charge in [-0.2, -0.15) is 0 Å². The van der Waals surface area contributed by atoms with Gasteiger partial charge < -0.3 is 10.1 Å². The topological polar surface area (TPSA) is 58.6 Å². The van der Waals surface area contributed by atoms with E-state index in [1.54, 1.807) is 23.1 Å². The van der Waals surface area contributed by atoms with Gasteiger partial charge in [-0.15, -0.1) is 0 Å². The number of ether oxygens (including phenoxy) is 1. The summed E-state index contributed by atoms with van der Waals surface area (Å²) in [6.45, 7) is 4.56. The summed E-state index contributed by atoms with van der Waals surface area (Å²) in [5.41, 5.74) is 5.49. The van der Waals surface area contributed by atoms with Crippen LogP contribution < -0.4 is 15.0 Å². The van der Waals surface area contributed by atoms with Crippen molar-refractivity contribution in [2.24, 2.45) is 0 Å². The van der Waals surface area contributed by atoms with Gasteiger partial charge in [0.15, 0.2) is 11.5 Å². The highest BCUT2D eigenvalue weighted by Crippen LogP contribution is 2.36. The molecule has 1 aliphatic heterocycles. The maximum Gasteiger partial charge on any atom is 0.294 e. The number of hydrogen-bond acceptors (Lipinski definition) is 3. The van der Waals surface area contributed by atoms with Crippen LogP contribution in [0.15, 0.2) is 109 Å². The van der Waals surface area contributed by atoms with E-state index < -0.39 is 0 Å². The van der Waals surface area contributed by atoms with Gasteiger partial charge in [-0.1, -0.05) is 91.3 Å². The van der Waals surface area contributed by atoms with Crippen molar-refractivity contribution in [1.82, 2.24) is 5.32 Å². The number of amides is 2. The number of anilines is 1. The number of hydrogen-bond donors (Lipinski definition) is 1. The van der Waals surface area contributed by atoms with Gasteiger partial charge in [0, 0.05) is 11.6 Å². The second-order valence-electron chi connectivity index (χ2n) is 9.85. The van der Waals surface area contributed by atoms with Crippen LogP contribution in [0, 0.1) is 6.92 Å². The van der Waals surface area contributed by atoms with E-state index in [4.69, 9.17) is 4.74 Å². The number of aryl methyl sites for hydroxylation is 1. The number of benzene rings is 4. The predicted octanol–water partition coefficient (Wildman–Crippen LogP) is 6.71. The lowest BCUT2D eigenvalue weighted by Gasteiger charge is -2.30. The molecule has 0 aliphatic carbocycles. The van der Waals surface area contributed by atoms with Crippen LogP contribution in [0.25, 0.3) is 6.08 Å². The molecule has 0 spiro atoms. The molecule has 5 rings (SSSR count). The third kappa shape index (κ3) is 6.27. The molecule has 2 amide bonds. The average molecular weight is 517 g/mol. The zero-order valence-electron chi connectivity index (χ0n) is 22.3. The van der Waals surface area contributed by atoms with Crippen LogP contribution in [-0.2, 0) is 17.8 Å².